The van der Waals surface area contributed by atoms with Crippen molar-refractivity contribution in [3.05, 3.63) is 72.5 Å². The van der Waals surface area contributed by atoms with Crippen molar-refractivity contribution < 1.29 is 33.1 Å². The minimum absolute atomic E-state index is 0.149. The van der Waals surface area contributed by atoms with Crippen molar-refractivity contribution in [1.29, 1.82) is 0 Å². The van der Waals surface area contributed by atoms with Gasteiger partial charge in [-0.05, 0) is 23.0 Å². The summed E-state index contributed by atoms with van der Waals surface area (Å²) in [4.78, 5) is 65.9. The van der Waals surface area contributed by atoms with E-state index in [1.807, 2.05) is 6.92 Å². The van der Waals surface area contributed by atoms with E-state index in [1.165, 1.54) is 86.1 Å². The Hall–Kier alpha value is -3.39. The fraction of sp³-hybridized carbons (Fsp3) is 0.733. The van der Waals surface area contributed by atoms with Crippen molar-refractivity contribution in [2.75, 3.05) is 37.8 Å². The maximum absolute atomic E-state index is 13.5. The molecule has 1 aromatic carbocycles. The fourth-order valence-electron chi connectivity index (χ4n) is 9.66. The molecule has 3 rings (SSSR count). The quantitative estimate of drug-likeness (QED) is 0.0230. The Morgan fingerprint density at radius 2 is 1.46 bits per heavy atom. The molecule has 0 spiro atoms. The summed E-state index contributed by atoms with van der Waals surface area (Å²) in [6.45, 7) is 23.3. The van der Waals surface area contributed by atoms with Crippen LogP contribution in [0.2, 0.25) is 16.6 Å². The Morgan fingerprint density at radius 3 is 1.97 bits per heavy atom. The molecule has 1 aliphatic rings. The molecule has 14 nitrogen and oxygen atoms in total. The maximum atomic E-state index is 13.5. The molecule has 0 bridgehead atoms. The molecular formula is C45H77N4O10PSi. The van der Waals surface area contributed by atoms with Crippen molar-refractivity contribution in [3.8, 4) is 0 Å². The predicted molar refractivity (Wildman–Crippen MR) is 249 cm³/mol. The molecule has 0 aliphatic carbocycles. The molecule has 1 aliphatic heterocycles. The summed E-state index contributed by atoms with van der Waals surface area (Å²) in [6.07, 6.45) is 10.6. The molecule has 1 aromatic heterocycles. The van der Waals surface area contributed by atoms with Gasteiger partial charge in [0.1, 0.15) is 6.10 Å². The summed E-state index contributed by atoms with van der Waals surface area (Å²) in [6, 6.07) is 5.64. The average molecular weight is 893 g/mol. The zero-order chi connectivity index (χ0) is 45.5. The molecule has 2 unspecified atom stereocenters. The predicted octanol–water partition coefficient (Wildman–Crippen LogP) is 9.91. The minimum atomic E-state index is -2.66. The van der Waals surface area contributed by atoms with Crippen molar-refractivity contribution >= 4 is 33.3 Å². The summed E-state index contributed by atoms with van der Waals surface area (Å²) in [5, 5.41) is 15.3. The molecule has 16 heteroatoms. The van der Waals surface area contributed by atoms with Crippen molar-refractivity contribution in [3.63, 3.8) is 0 Å². The topological polar surface area (TPSA) is 181 Å². The van der Waals surface area contributed by atoms with Gasteiger partial charge < -0.3 is 13.9 Å². The van der Waals surface area contributed by atoms with E-state index in [4.69, 9.17) is 18.6 Å². The molecule has 2 N–H and O–H groups in total. The van der Waals surface area contributed by atoms with Gasteiger partial charge in [-0.2, -0.15) is 0 Å². The molecule has 2 aromatic rings. The second-order valence-electron chi connectivity index (χ2n) is 18.1. The number of nitrogens with one attached hydrogen (secondary N) is 2. The van der Waals surface area contributed by atoms with Crippen LogP contribution >= 0.6 is 7.26 Å². The SMILES string of the molecule is CCCC[PH](CCCC)(CCCC)CCCNC(=O)c1ccc(C(C)COC(=O)O[C@@H]2C(O[Si](C(C)C)(C(C)C)C(C)C)[C@H](n3ccc(=O)[nH]c3=O)O[C@@H]2CC)c([N+](=O)[O-])c1. The standard InChI is InChI=1S/C45H77N4O10PSi/c1-12-16-25-60(26-17-13-2,27-18-14-3)28-19-23-46-42(51)35-20-21-36(37(29-35)49(54)55)34(11)30-56-45(53)58-40-38(15-4)57-43(48-24-22-39(50)47-44(48)52)41(40)59-61(31(5)6,32(7)8)33(9)10/h20-22,24,29,31-34,38,40-41,43,60H,12-19,23,25-28,30H2,1-11H3,(H,46,51)(H,47,50,52)/t34?,38-,40+,41?,43-/m1/s1. The number of aromatic nitrogens is 2. The Bertz CT molecular complexity index is 1790. The molecule has 0 saturated carbocycles. The van der Waals surface area contributed by atoms with Gasteiger partial charge in [-0.3, -0.25) is 14.3 Å². The number of carbonyl (C=O) groups excluding carboxylic acids is 2. The second-order valence-corrected chi connectivity index (χ2v) is 28.5. The monoisotopic (exact) mass is 893 g/mol. The van der Waals surface area contributed by atoms with E-state index in [-0.39, 0.29) is 40.4 Å². The van der Waals surface area contributed by atoms with E-state index < -0.39 is 68.4 Å². The molecule has 0 radical (unpaired) electrons. The van der Waals surface area contributed by atoms with Crippen molar-refractivity contribution in [1.82, 2.24) is 14.9 Å². The summed E-state index contributed by atoms with van der Waals surface area (Å²) in [7, 11) is -4.12. The average Bonchev–Trinajstić information content (AvgIpc) is 3.55. The zero-order valence-corrected chi connectivity index (χ0v) is 40.9. The van der Waals surface area contributed by atoms with E-state index in [2.05, 4.69) is 72.6 Å². The van der Waals surface area contributed by atoms with Crippen LogP contribution in [-0.2, 0) is 18.6 Å². The van der Waals surface area contributed by atoms with Crippen LogP contribution in [0.25, 0.3) is 0 Å². The summed E-state index contributed by atoms with van der Waals surface area (Å²) in [5.41, 5.74) is -0.519. The third kappa shape index (κ3) is 13.6. The van der Waals surface area contributed by atoms with Gasteiger partial charge in [0, 0.05) is 12.3 Å². The number of rotatable bonds is 26. The third-order valence-electron chi connectivity index (χ3n) is 12.9. The number of ether oxygens (including phenoxy) is 3. The van der Waals surface area contributed by atoms with E-state index in [1.54, 1.807) is 19.1 Å². The Kier molecular flexibility index (Phi) is 20.8. The first-order valence-electron chi connectivity index (χ1n) is 23.0. The van der Waals surface area contributed by atoms with E-state index >= 15 is 0 Å². The van der Waals surface area contributed by atoms with Crippen LogP contribution < -0.4 is 16.6 Å². The molecule has 5 atom stereocenters. The van der Waals surface area contributed by atoms with Crippen molar-refractivity contribution in [2.24, 2.45) is 0 Å². The van der Waals surface area contributed by atoms with Crippen LogP contribution in [0, 0.1) is 10.1 Å². The van der Waals surface area contributed by atoms with Gasteiger partial charge in [0.25, 0.3) is 5.56 Å². The van der Waals surface area contributed by atoms with Gasteiger partial charge in [-0.15, -0.1) is 0 Å². The summed E-state index contributed by atoms with van der Waals surface area (Å²) < 4.78 is 26.4. The number of unbranched alkanes of at least 4 members (excludes halogenated alkanes) is 3. The number of hydrogen-bond donors (Lipinski definition) is 2. The Morgan fingerprint density at radius 1 is 0.885 bits per heavy atom. The van der Waals surface area contributed by atoms with Gasteiger partial charge in [0.15, 0.2) is 12.3 Å². The number of hydrogen-bond acceptors (Lipinski definition) is 10. The number of benzene rings is 1. The fourth-order valence-corrected chi connectivity index (χ4v) is 20.9. The molecule has 1 amide bonds. The first-order chi connectivity index (χ1) is 28.9. The molecule has 1 saturated heterocycles. The number of H-pyrrole nitrogens is 1. The molecule has 61 heavy (non-hydrogen) atoms. The van der Waals surface area contributed by atoms with E-state index in [9.17, 15) is 29.3 Å². The normalized spacial score (nSPS) is 19.0. The van der Waals surface area contributed by atoms with Crippen LogP contribution in [0.15, 0.2) is 40.1 Å². The van der Waals surface area contributed by atoms with Gasteiger partial charge >= 0.3 is 206 Å². The number of nitro benzene ring substituents is 1. The van der Waals surface area contributed by atoms with E-state index in [0.717, 1.165) is 6.42 Å². The Balaban J connectivity index is 1.77. The first kappa shape index (κ1) is 52.0. The molecule has 1 fully saturated rings. The molecule has 2 heterocycles. The molecular weight excluding hydrogens is 816 g/mol. The van der Waals surface area contributed by atoms with Crippen molar-refractivity contribution in [2.45, 2.75) is 175 Å². The number of nitrogens with zero attached hydrogens (tertiary/aromatic N) is 2. The number of nitro groups is 1. The number of aromatic amines is 1. The van der Waals surface area contributed by atoms with Crippen LogP contribution in [0.5, 0.6) is 0 Å². The van der Waals surface area contributed by atoms with Gasteiger partial charge in [0.05, 0.1) is 6.10 Å². The van der Waals surface area contributed by atoms with Crippen LogP contribution in [0.3, 0.4) is 0 Å². The van der Waals surface area contributed by atoms with Crippen LogP contribution in [-0.4, -0.2) is 91.0 Å². The number of carbonyl (C=O) groups is 2. The van der Waals surface area contributed by atoms with E-state index in [0.29, 0.717) is 18.5 Å². The van der Waals surface area contributed by atoms with Crippen LogP contribution in [0.1, 0.15) is 156 Å². The summed E-state index contributed by atoms with van der Waals surface area (Å²) >= 11 is 0. The summed E-state index contributed by atoms with van der Waals surface area (Å²) in [5.74, 6) is -0.977. The number of amides is 1. The Labute approximate surface area is 365 Å². The van der Waals surface area contributed by atoms with Gasteiger partial charge in [0.2, 0.25) is 8.32 Å². The first-order valence-corrected chi connectivity index (χ1v) is 27.9. The van der Waals surface area contributed by atoms with Crippen LogP contribution in [0.4, 0.5) is 10.5 Å². The van der Waals surface area contributed by atoms with Gasteiger partial charge in [-0.25, -0.2) is 9.59 Å². The van der Waals surface area contributed by atoms with Gasteiger partial charge in [-0.1, -0.05) is 48.5 Å². The molecule has 346 valence electrons. The third-order valence-corrected chi connectivity index (χ3v) is 24.7. The second kappa shape index (κ2) is 24.5. The zero-order valence-electron chi connectivity index (χ0n) is 38.9.